The van der Waals surface area contributed by atoms with Crippen molar-refractivity contribution in [1.29, 1.82) is 0 Å². The molecule has 0 saturated heterocycles. The lowest BCUT2D eigenvalue weighted by Crippen LogP contribution is -2.49. The Morgan fingerprint density at radius 3 is 2.33 bits per heavy atom. The van der Waals surface area contributed by atoms with Crippen LogP contribution in [0.25, 0.3) is 0 Å². The van der Waals surface area contributed by atoms with Crippen molar-refractivity contribution in [2.75, 3.05) is 27.3 Å². The summed E-state index contributed by atoms with van der Waals surface area (Å²) in [7, 11) is 3.53. The number of hydrogen-bond acceptors (Lipinski definition) is 3. The van der Waals surface area contributed by atoms with Crippen molar-refractivity contribution in [3.8, 4) is 0 Å². The van der Waals surface area contributed by atoms with Gasteiger partial charge in [-0.2, -0.15) is 0 Å². The van der Waals surface area contributed by atoms with E-state index in [-0.39, 0.29) is 0 Å². The highest BCUT2D eigenvalue weighted by atomic mass is 28.3. The Morgan fingerprint density at radius 2 is 1.92 bits per heavy atom. The van der Waals surface area contributed by atoms with Crippen LogP contribution in [0.2, 0.25) is 6.04 Å². The molecule has 12 heavy (non-hydrogen) atoms. The Morgan fingerprint density at radius 1 is 1.25 bits per heavy atom. The van der Waals surface area contributed by atoms with E-state index in [9.17, 15) is 0 Å². The van der Waals surface area contributed by atoms with Crippen LogP contribution in [0.5, 0.6) is 0 Å². The van der Waals surface area contributed by atoms with Gasteiger partial charge in [-0.25, -0.2) is 0 Å². The molecule has 0 bridgehead atoms. The third-order valence-corrected chi connectivity index (χ3v) is 4.94. The molecule has 0 amide bonds. The van der Waals surface area contributed by atoms with E-state index in [0.29, 0.717) is 0 Å². The molecule has 0 aliphatic heterocycles. The molecule has 0 fully saturated rings. The minimum absolute atomic E-state index is 0.818. The monoisotopic (exact) mass is 189 g/mol. The summed E-state index contributed by atoms with van der Waals surface area (Å²) in [6.45, 7) is 6.39. The van der Waals surface area contributed by atoms with Crippen LogP contribution in [0.4, 0.5) is 0 Å². The van der Waals surface area contributed by atoms with Gasteiger partial charge in [0, 0.05) is 6.67 Å². The Kier molecular flexibility index (Phi) is 7.79. The zero-order chi connectivity index (χ0) is 9.40. The fourth-order valence-corrected chi connectivity index (χ4v) is 3.14. The molecule has 0 aromatic heterocycles. The Bertz CT molecular complexity index is 98.3. The van der Waals surface area contributed by atoms with Gasteiger partial charge in [-0.15, -0.1) is 0 Å². The zero-order valence-corrected chi connectivity index (χ0v) is 10.0. The summed E-state index contributed by atoms with van der Waals surface area (Å²) in [5.41, 5.74) is 0. The summed E-state index contributed by atoms with van der Waals surface area (Å²) >= 11 is 0. The first kappa shape index (κ1) is 12.1. The van der Waals surface area contributed by atoms with Crippen LogP contribution < -0.4 is 10.3 Å². The van der Waals surface area contributed by atoms with Gasteiger partial charge in [0.15, 0.2) is 9.12 Å². The van der Waals surface area contributed by atoms with Crippen molar-refractivity contribution >= 4 is 9.12 Å². The van der Waals surface area contributed by atoms with Gasteiger partial charge in [0.1, 0.15) is 0 Å². The van der Waals surface area contributed by atoms with E-state index in [1.165, 1.54) is 12.5 Å². The smallest absolute Gasteiger partial charge is 0.187 e. The van der Waals surface area contributed by atoms with Gasteiger partial charge in [0.2, 0.25) is 0 Å². The standard InChI is InChI=1S/C8H23N3Si/c1-5-7-12(11(3)4)10-8-9-6-2/h9-10,12H,5-8H2,1-4H3. The maximum atomic E-state index is 3.57. The quantitative estimate of drug-likeness (QED) is 0.343. The number of nitrogens with one attached hydrogen (secondary N) is 2. The number of rotatable bonds is 7. The lowest BCUT2D eigenvalue weighted by atomic mass is 10.6. The molecule has 0 saturated carbocycles. The van der Waals surface area contributed by atoms with Crippen LogP contribution in [0.3, 0.4) is 0 Å². The van der Waals surface area contributed by atoms with Gasteiger partial charge in [-0.1, -0.05) is 20.3 Å². The molecule has 0 aliphatic rings. The first-order valence-electron chi connectivity index (χ1n) is 4.82. The summed E-state index contributed by atoms with van der Waals surface area (Å²) in [6, 6.07) is 1.35. The molecular weight excluding hydrogens is 166 g/mol. The summed E-state index contributed by atoms with van der Waals surface area (Å²) in [5.74, 6) is 0. The molecule has 0 aromatic rings. The van der Waals surface area contributed by atoms with E-state index in [0.717, 1.165) is 13.2 Å². The van der Waals surface area contributed by atoms with E-state index in [2.05, 4.69) is 42.8 Å². The minimum atomic E-state index is -0.818. The molecule has 74 valence electrons. The van der Waals surface area contributed by atoms with Gasteiger partial charge in [-0.05, 0) is 26.7 Å². The third kappa shape index (κ3) is 5.71. The van der Waals surface area contributed by atoms with Gasteiger partial charge in [0.05, 0.1) is 0 Å². The van der Waals surface area contributed by atoms with E-state index >= 15 is 0 Å². The number of hydrogen-bond donors (Lipinski definition) is 2. The fraction of sp³-hybridized carbons (Fsp3) is 1.00. The zero-order valence-electron chi connectivity index (χ0n) is 8.85. The lowest BCUT2D eigenvalue weighted by molar-refractivity contribution is 0.588. The van der Waals surface area contributed by atoms with Crippen LogP contribution in [-0.2, 0) is 0 Å². The first-order valence-corrected chi connectivity index (χ1v) is 6.73. The first-order chi connectivity index (χ1) is 5.72. The second kappa shape index (κ2) is 7.73. The van der Waals surface area contributed by atoms with Gasteiger partial charge >= 0.3 is 0 Å². The predicted molar refractivity (Wildman–Crippen MR) is 57.6 cm³/mol. The normalized spacial score (nSPS) is 13.8. The summed E-state index contributed by atoms with van der Waals surface area (Å²) < 4.78 is 2.36. The summed E-state index contributed by atoms with van der Waals surface area (Å²) in [6.07, 6.45) is 1.29. The van der Waals surface area contributed by atoms with Gasteiger partial charge < -0.3 is 14.9 Å². The predicted octanol–water partition coefficient (Wildman–Crippen LogP) is 0.335. The van der Waals surface area contributed by atoms with Crippen molar-refractivity contribution in [2.45, 2.75) is 26.3 Å². The maximum Gasteiger partial charge on any atom is 0.187 e. The van der Waals surface area contributed by atoms with Crippen molar-refractivity contribution in [3.05, 3.63) is 0 Å². The SMILES string of the molecule is CCC[SiH](NCNCC)N(C)C. The Balaban J connectivity index is 3.49. The molecule has 0 radical (unpaired) electrons. The topological polar surface area (TPSA) is 27.3 Å². The highest BCUT2D eigenvalue weighted by Crippen LogP contribution is 1.95. The highest BCUT2D eigenvalue weighted by Gasteiger charge is 2.10. The summed E-state index contributed by atoms with van der Waals surface area (Å²) in [5, 5.41) is 3.29. The molecule has 0 rings (SSSR count). The highest BCUT2D eigenvalue weighted by molar-refractivity contribution is 6.52. The maximum absolute atomic E-state index is 3.57. The van der Waals surface area contributed by atoms with Crippen molar-refractivity contribution in [2.24, 2.45) is 0 Å². The second-order valence-electron chi connectivity index (χ2n) is 3.25. The van der Waals surface area contributed by atoms with Crippen LogP contribution in [0, 0.1) is 0 Å². The Hall–Kier alpha value is 0.0969. The van der Waals surface area contributed by atoms with Crippen molar-refractivity contribution in [3.63, 3.8) is 0 Å². The van der Waals surface area contributed by atoms with E-state index in [4.69, 9.17) is 0 Å². The van der Waals surface area contributed by atoms with Crippen LogP contribution in [0.1, 0.15) is 20.3 Å². The van der Waals surface area contributed by atoms with Crippen LogP contribution >= 0.6 is 0 Å². The molecule has 3 nitrogen and oxygen atoms in total. The molecule has 4 heteroatoms. The van der Waals surface area contributed by atoms with E-state index in [1.54, 1.807) is 0 Å². The molecule has 2 N–H and O–H groups in total. The van der Waals surface area contributed by atoms with Crippen LogP contribution in [0.15, 0.2) is 0 Å². The molecule has 1 unspecified atom stereocenters. The van der Waals surface area contributed by atoms with E-state index in [1.807, 2.05) is 0 Å². The average molecular weight is 189 g/mol. The summed E-state index contributed by atoms with van der Waals surface area (Å²) in [4.78, 5) is 3.57. The molecule has 0 spiro atoms. The largest absolute Gasteiger partial charge is 0.320 e. The van der Waals surface area contributed by atoms with Crippen LogP contribution in [-0.4, -0.2) is 41.0 Å². The molecule has 1 atom stereocenters. The minimum Gasteiger partial charge on any atom is -0.320 e. The fourth-order valence-electron chi connectivity index (χ4n) is 1.13. The van der Waals surface area contributed by atoms with Crippen molar-refractivity contribution in [1.82, 2.24) is 14.9 Å². The van der Waals surface area contributed by atoms with Crippen molar-refractivity contribution < 1.29 is 0 Å². The van der Waals surface area contributed by atoms with E-state index < -0.39 is 9.12 Å². The van der Waals surface area contributed by atoms with Gasteiger partial charge in [-0.3, -0.25) is 0 Å². The third-order valence-electron chi connectivity index (χ3n) is 1.90. The molecule has 0 heterocycles. The molecule has 0 aliphatic carbocycles. The molecule has 0 aromatic carbocycles. The van der Waals surface area contributed by atoms with Gasteiger partial charge in [0.25, 0.3) is 0 Å². The second-order valence-corrected chi connectivity index (χ2v) is 6.30. The Labute approximate surface area is 78.3 Å². The average Bonchev–Trinajstić information content (AvgIpc) is 2.03. The molecular formula is C8H23N3Si. The lowest BCUT2D eigenvalue weighted by Gasteiger charge is -2.23. The number of nitrogens with zero attached hydrogens (tertiary/aromatic N) is 1.